The smallest absolute Gasteiger partial charge is 0.271 e. The van der Waals surface area contributed by atoms with E-state index in [1.807, 2.05) is 11.0 Å². The lowest BCUT2D eigenvalue weighted by Gasteiger charge is -2.24. The number of rotatable bonds is 3. The van der Waals surface area contributed by atoms with Crippen LogP contribution in [0.15, 0.2) is 60.7 Å². The van der Waals surface area contributed by atoms with Gasteiger partial charge in [0.1, 0.15) is 11.5 Å². The van der Waals surface area contributed by atoms with Gasteiger partial charge in [-0.25, -0.2) is 4.39 Å². The molecule has 3 aromatic rings. The van der Waals surface area contributed by atoms with Crippen molar-refractivity contribution in [1.29, 1.82) is 0 Å². The molecule has 5 heteroatoms. The Morgan fingerprint density at radius 3 is 2.63 bits per heavy atom. The van der Waals surface area contributed by atoms with Crippen LogP contribution in [0.3, 0.4) is 0 Å². The third-order valence-electron chi connectivity index (χ3n) is 5.18. The minimum Gasteiger partial charge on any atom is -0.337 e. The third-order valence-corrected chi connectivity index (χ3v) is 5.18. The molecule has 0 spiro atoms. The predicted octanol–water partition coefficient (Wildman–Crippen LogP) is 4.63. The van der Waals surface area contributed by atoms with Crippen molar-refractivity contribution in [2.45, 2.75) is 25.2 Å². The van der Waals surface area contributed by atoms with Gasteiger partial charge in [0.15, 0.2) is 0 Å². The number of aromatic nitrogens is 2. The van der Waals surface area contributed by atoms with Crippen molar-refractivity contribution in [3.8, 4) is 11.3 Å². The van der Waals surface area contributed by atoms with Gasteiger partial charge in [-0.15, -0.1) is 0 Å². The van der Waals surface area contributed by atoms with Crippen LogP contribution in [0.2, 0.25) is 0 Å². The van der Waals surface area contributed by atoms with Gasteiger partial charge in [-0.3, -0.25) is 9.89 Å². The van der Waals surface area contributed by atoms with E-state index in [0.29, 0.717) is 23.9 Å². The molecule has 1 saturated heterocycles. The van der Waals surface area contributed by atoms with E-state index in [9.17, 15) is 9.18 Å². The van der Waals surface area contributed by atoms with Crippen LogP contribution >= 0.6 is 0 Å². The molecule has 1 atom stereocenters. The first-order valence-corrected chi connectivity index (χ1v) is 9.36. The highest BCUT2D eigenvalue weighted by molar-refractivity contribution is 5.93. The molecule has 1 aliphatic rings. The van der Waals surface area contributed by atoms with Crippen LogP contribution in [0.5, 0.6) is 0 Å². The zero-order valence-corrected chi connectivity index (χ0v) is 15.1. The molecule has 4 nitrogen and oxygen atoms in total. The van der Waals surface area contributed by atoms with Gasteiger partial charge < -0.3 is 4.90 Å². The second-order valence-corrected chi connectivity index (χ2v) is 7.03. The molecule has 1 aliphatic heterocycles. The number of likely N-dealkylation sites (tertiary alicyclic amines) is 1. The van der Waals surface area contributed by atoms with E-state index in [4.69, 9.17) is 0 Å². The van der Waals surface area contributed by atoms with Gasteiger partial charge in [-0.1, -0.05) is 36.8 Å². The van der Waals surface area contributed by atoms with E-state index in [0.717, 1.165) is 31.4 Å². The van der Waals surface area contributed by atoms with E-state index in [-0.39, 0.29) is 11.7 Å². The zero-order chi connectivity index (χ0) is 18.6. The summed E-state index contributed by atoms with van der Waals surface area (Å²) in [5.74, 6) is 0.0398. The maximum Gasteiger partial charge on any atom is 0.271 e. The molecular weight excluding hydrogens is 341 g/mol. The quantitative estimate of drug-likeness (QED) is 0.738. The Labute approximate surface area is 158 Å². The number of hydrogen-bond acceptors (Lipinski definition) is 2. The second-order valence-electron chi connectivity index (χ2n) is 7.03. The molecular formula is C22H22FN3O. The zero-order valence-electron chi connectivity index (χ0n) is 15.1. The number of nitrogens with one attached hydrogen (secondary N) is 1. The summed E-state index contributed by atoms with van der Waals surface area (Å²) in [6, 6.07) is 18.3. The molecule has 2 heterocycles. The van der Waals surface area contributed by atoms with E-state index in [1.54, 1.807) is 18.2 Å². The van der Waals surface area contributed by atoms with Crippen molar-refractivity contribution >= 4 is 5.91 Å². The monoisotopic (exact) mass is 363 g/mol. The lowest BCUT2D eigenvalue weighted by molar-refractivity contribution is 0.0748. The minimum absolute atomic E-state index is 0.0290. The largest absolute Gasteiger partial charge is 0.337 e. The first-order valence-electron chi connectivity index (χ1n) is 9.36. The number of aromatic amines is 1. The standard InChI is InChI=1S/C22H22FN3O/c23-19-11-9-17(10-12-19)20-14-21(25-24-20)22(27)26-13-5-4-8-18(15-26)16-6-2-1-3-7-16/h1-3,6-7,9-12,14,18H,4-5,8,13,15H2,(H,24,25). The van der Waals surface area contributed by atoms with Gasteiger partial charge in [0.25, 0.3) is 5.91 Å². The number of amides is 1. The van der Waals surface area contributed by atoms with Crippen molar-refractivity contribution in [1.82, 2.24) is 15.1 Å². The highest BCUT2D eigenvalue weighted by Crippen LogP contribution is 2.27. The number of halogens is 1. The first kappa shape index (κ1) is 17.5. The van der Waals surface area contributed by atoms with Crippen LogP contribution in [0.4, 0.5) is 4.39 Å². The topological polar surface area (TPSA) is 49.0 Å². The number of H-pyrrole nitrogens is 1. The average Bonchev–Trinajstić information content (AvgIpc) is 3.06. The van der Waals surface area contributed by atoms with E-state index in [1.165, 1.54) is 17.7 Å². The molecule has 0 radical (unpaired) electrons. The van der Waals surface area contributed by atoms with E-state index >= 15 is 0 Å². The van der Waals surface area contributed by atoms with Crippen molar-refractivity contribution in [2.75, 3.05) is 13.1 Å². The van der Waals surface area contributed by atoms with E-state index in [2.05, 4.69) is 34.5 Å². The summed E-state index contributed by atoms with van der Waals surface area (Å²) >= 11 is 0. The summed E-state index contributed by atoms with van der Waals surface area (Å²) in [5.41, 5.74) is 3.19. The fourth-order valence-corrected chi connectivity index (χ4v) is 3.69. The third kappa shape index (κ3) is 3.92. The summed E-state index contributed by atoms with van der Waals surface area (Å²) < 4.78 is 13.1. The summed E-state index contributed by atoms with van der Waals surface area (Å²) in [7, 11) is 0. The van der Waals surface area contributed by atoms with Gasteiger partial charge >= 0.3 is 0 Å². The molecule has 1 N–H and O–H groups in total. The van der Waals surface area contributed by atoms with Crippen molar-refractivity contribution in [3.05, 3.63) is 77.7 Å². The molecule has 0 aliphatic carbocycles. The van der Waals surface area contributed by atoms with Crippen molar-refractivity contribution in [2.24, 2.45) is 0 Å². The van der Waals surface area contributed by atoms with Gasteiger partial charge in [0.2, 0.25) is 0 Å². The SMILES string of the molecule is O=C(c1cc(-c2ccc(F)cc2)n[nH]1)N1CCCCC(c2ccccc2)C1. The number of carbonyl (C=O) groups is 1. The Kier molecular flexibility index (Phi) is 5.01. The van der Waals surface area contributed by atoms with Crippen LogP contribution in [0.25, 0.3) is 11.3 Å². The molecule has 1 unspecified atom stereocenters. The minimum atomic E-state index is -0.290. The Hall–Kier alpha value is -2.95. The van der Waals surface area contributed by atoms with Crippen LogP contribution in [0, 0.1) is 5.82 Å². The summed E-state index contributed by atoms with van der Waals surface area (Å²) in [6.07, 6.45) is 3.22. The Bertz CT molecular complexity index is 905. The fourth-order valence-electron chi connectivity index (χ4n) is 3.69. The first-order chi connectivity index (χ1) is 13.2. The van der Waals surface area contributed by atoms with Crippen LogP contribution in [-0.4, -0.2) is 34.1 Å². The lowest BCUT2D eigenvalue weighted by atomic mass is 9.94. The average molecular weight is 363 g/mol. The Balaban J connectivity index is 1.52. The molecule has 4 rings (SSSR count). The molecule has 27 heavy (non-hydrogen) atoms. The van der Waals surface area contributed by atoms with Crippen molar-refractivity contribution < 1.29 is 9.18 Å². The van der Waals surface area contributed by atoms with Crippen LogP contribution in [0.1, 0.15) is 41.2 Å². The van der Waals surface area contributed by atoms with Gasteiger partial charge in [0.05, 0.1) is 5.69 Å². The molecule has 1 aromatic heterocycles. The van der Waals surface area contributed by atoms with E-state index < -0.39 is 0 Å². The van der Waals surface area contributed by atoms with Gasteiger partial charge in [-0.05, 0) is 48.7 Å². The van der Waals surface area contributed by atoms with Gasteiger partial charge in [0, 0.05) is 24.6 Å². The van der Waals surface area contributed by atoms with Crippen molar-refractivity contribution in [3.63, 3.8) is 0 Å². The molecule has 0 bridgehead atoms. The molecule has 1 amide bonds. The second kappa shape index (κ2) is 7.74. The molecule has 0 saturated carbocycles. The lowest BCUT2D eigenvalue weighted by Crippen LogP contribution is -2.34. The highest BCUT2D eigenvalue weighted by Gasteiger charge is 2.25. The van der Waals surface area contributed by atoms with Gasteiger partial charge in [-0.2, -0.15) is 5.10 Å². The fraction of sp³-hybridized carbons (Fsp3) is 0.273. The number of benzene rings is 2. The summed E-state index contributed by atoms with van der Waals surface area (Å²) in [4.78, 5) is 14.9. The number of carbonyl (C=O) groups excluding carboxylic acids is 1. The Morgan fingerprint density at radius 1 is 1.07 bits per heavy atom. The molecule has 1 fully saturated rings. The summed E-state index contributed by atoms with van der Waals surface area (Å²) in [6.45, 7) is 1.47. The number of hydrogen-bond donors (Lipinski definition) is 1. The normalized spacial score (nSPS) is 17.5. The molecule has 2 aromatic carbocycles. The van der Waals surface area contributed by atoms with Crippen LogP contribution < -0.4 is 0 Å². The highest BCUT2D eigenvalue weighted by atomic mass is 19.1. The Morgan fingerprint density at radius 2 is 1.85 bits per heavy atom. The van der Waals surface area contributed by atoms with Crippen LogP contribution in [-0.2, 0) is 0 Å². The maximum atomic E-state index is 13.1. The molecule has 138 valence electrons. The number of nitrogens with zero attached hydrogens (tertiary/aromatic N) is 2. The predicted molar refractivity (Wildman–Crippen MR) is 103 cm³/mol. The summed E-state index contributed by atoms with van der Waals surface area (Å²) in [5, 5.41) is 7.09. The maximum absolute atomic E-state index is 13.1.